The van der Waals surface area contributed by atoms with Crippen LogP contribution in [0.25, 0.3) is 0 Å². The minimum absolute atomic E-state index is 0.280. The van der Waals surface area contributed by atoms with Gasteiger partial charge in [-0.1, -0.05) is 23.7 Å². The van der Waals surface area contributed by atoms with E-state index in [1.54, 1.807) is 32.4 Å². The summed E-state index contributed by atoms with van der Waals surface area (Å²) in [4.78, 5) is 17.0. The summed E-state index contributed by atoms with van der Waals surface area (Å²) in [5.41, 5.74) is 4.94. The smallest absolute Gasteiger partial charge is 0.283 e. The van der Waals surface area contributed by atoms with Gasteiger partial charge < -0.3 is 9.47 Å². The van der Waals surface area contributed by atoms with Crippen LogP contribution in [-0.4, -0.2) is 24.2 Å². The number of hydrazone groups is 1. The molecule has 0 unspecified atom stereocenters. The van der Waals surface area contributed by atoms with Gasteiger partial charge in [-0.25, -0.2) is 10.4 Å². The van der Waals surface area contributed by atoms with Gasteiger partial charge in [0.15, 0.2) is 11.5 Å². The van der Waals surface area contributed by atoms with E-state index in [-0.39, 0.29) is 5.91 Å². The van der Waals surface area contributed by atoms with Crippen molar-refractivity contribution in [3.63, 3.8) is 0 Å². The van der Waals surface area contributed by atoms with Gasteiger partial charge in [0.2, 0.25) is 0 Å². The number of nitrogens with one attached hydrogen (secondary N) is 1. The standard InChI is InChI=1S/C21H20ClN3O3S/c1-13-20(29-14(2)24-13)21(26)25-23-11-15-7-8-18(19(10-15)27-3)28-12-16-5-4-6-17(22)9-16/h4-11H,12H2,1-3H3,(H,25,26)/b23-11+. The molecule has 1 aromatic heterocycles. The molecule has 0 spiro atoms. The molecule has 3 rings (SSSR count). The van der Waals surface area contributed by atoms with E-state index >= 15 is 0 Å². The minimum Gasteiger partial charge on any atom is -0.493 e. The van der Waals surface area contributed by atoms with E-state index in [2.05, 4.69) is 15.5 Å². The Morgan fingerprint density at radius 3 is 2.76 bits per heavy atom. The van der Waals surface area contributed by atoms with Crippen LogP contribution in [-0.2, 0) is 6.61 Å². The van der Waals surface area contributed by atoms with Crippen LogP contribution >= 0.6 is 22.9 Å². The second-order valence-electron chi connectivity index (χ2n) is 6.18. The first-order chi connectivity index (χ1) is 14.0. The van der Waals surface area contributed by atoms with Crippen molar-refractivity contribution in [1.82, 2.24) is 10.4 Å². The Bertz CT molecular complexity index is 1050. The Labute approximate surface area is 178 Å². The number of carbonyl (C=O) groups is 1. The Morgan fingerprint density at radius 1 is 1.24 bits per heavy atom. The number of aryl methyl sites for hydroxylation is 2. The van der Waals surface area contributed by atoms with Crippen molar-refractivity contribution in [1.29, 1.82) is 0 Å². The van der Waals surface area contributed by atoms with Crippen LogP contribution in [0.5, 0.6) is 11.5 Å². The molecular formula is C21H20ClN3O3S. The number of hydrogen-bond donors (Lipinski definition) is 1. The SMILES string of the molecule is COc1cc(/C=N/NC(=O)c2sc(C)nc2C)ccc1OCc1cccc(Cl)c1. The molecule has 3 aromatic rings. The highest BCUT2D eigenvalue weighted by atomic mass is 35.5. The number of carbonyl (C=O) groups excluding carboxylic acids is 1. The highest BCUT2D eigenvalue weighted by molar-refractivity contribution is 7.13. The fraction of sp³-hybridized carbons (Fsp3) is 0.190. The molecule has 0 saturated carbocycles. The molecule has 1 amide bonds. The second-order valence-corrected chi connectivity index (χ2v) is 7.82. The van der Waals surface area contributed by atoms with Crippen molar-refractivity contribution in [2.75, 3.05) is 7.11 Å². The van der Waals surface area contributed by atoms with E-state index < -0.39 is 0 Å². The van der Waals surface area contributed by atoms with Crippen LogP contribution in [0.2, 0.25) is 5.02 Å². The Hall–Kier alpha value is -2.90. The second kappa shape index (κ2) is 9.54. The molecule has 0 aliphatic heterocycles. The van der Waals surface area contributed by atoms with Crippen molar-refractivity contribution in [3.05, 3.63) is 74.2 Å². The summed E-state index contributed by atoms with van der Waals surface area (Å²) < 4.78 is 11.2. The van der Waals surface area contributed by atoms with Gasteiger partial charge in [-0.15, -0.1) is 11.3 Å². The molecule has 0 radical (unpaired) electrons. The lowest BCUT2D eigenvalue weighted by atomic mass is 10.2. The largest absolute Gasteiger partial charge is 0.493 e. The predicted molar refractivity (Wildman–Crippen MR) is 115 cm³/mol. The van der Waals surface area contributed by atoms with Crippen LogP contribution in [0.1, 0.15) is 31.5 Å². The normalized spacial score (nSPS) is 10.9. The Morgan fingerprint density at radius 2 is 2.07 bits per heavy atom. The maximum Gasteiger partial charge on any atom is 0.283 e. The van der Waals surface area contributed by atoms with E-state index in [0.717, 1.165) is 16.1 Å². The van der Waals surface area contributed by atoms with Crippen LogP contribution in [0.3, 0.4) is 0 Å². The van der Waals surface area contributed by atoms with Crippen molar-refractivity contribution in [2.24, 2.45) is 5.10 Å². The fourth-order valence-corrected chi connectivity index (χ4v) is 3.65. The molecule has 0 saturated heterocycles. The highest BCUT2D eigenvalue weighted by Gasteiger charge is 2.12. The summed E-state index contributed by atoms with van der Waals surface area (Å²) in [6.45, 7) is 4.03. The summed E-state index contributed by atoms with van der Waals surface area (Å²) >= 11 is 7.34. The van der Waals surface area contributed by atoms with Crippen LogP contribution < -0.4 is 14.9 Å². The zero-order valence-electron chi connectivity index (χ0n) is 16.2. The summed E-state index contributed by atoms with van der Waals surface area (Å²) in [6, 6.07) is 12.9. The number of thiazole rings is 1. The Balaban J connectivity index is 1.64. The van der Waals surface area contributed by atoms with Crippen LogP contribution in [0.4, 0.5) is 0 Å². The number of amides is 1. The molecule has 150 valence electrons. The third-order valence-electron chi connectivity index (χ3n) is 3.96. The van der Waals surface area contributed by atoms with Crippen molar-refractivity contribution in [2.45, 2.75) is 20.5 Å². The first-order valence-corrected chi connectivity index (χ1v) is 9.98. The maximum atomic E-state index is 12.2. The minimum atomic E-state index is -0.280. The van der Waals surface area contributed by atoms with E-state index in [1.165, 1.54) is 11.3 Å². The molecule has 0 aliphatic rings. The maximum absolute atomic E-state index is 12.2. The van der Waals surface area contributed by atoms with Gasteiger partial charge >= 0.3 is 0 Å². The number of benzene rings is 2. The summed E-state index contributed by atoms with van der Waals surface area (Å²) in [6.07, 6.45) is 1.55. The zero-order valence-corrected chi connectivity index (χ0v) is 17.8. The van der Waals surface area contributed by atoms with E-state index in [4.69, 9.17) is 21.1 Å². The number of halogens is 1. The number of methoxy groups -OCH3 is 1. The molecule has 0 bridgehead atoms. The summed E-state index contributed by atoms with van der Waals surface area (Å²) in [5.74, 6) is 0.887. The molecule has 6 nitrogen and oxygen atoms in total. The molecule has 2 aromatic carbocycles. The number of hydrogen-bond acceptors (Lipinski definition) is 6. The van der Waals surface area contributed by atoms with Gasteiger partial charge in [-0.3, -0.25) is 4.79 Å². The van der Waals surface area contributed by atoms with E-state index in [9.17, 15) is 4.79 Å². The third kappa shape index (κ3) is 5.56. The number of ether oxygens (including phenoxy) is 2. The van der Waals surface area contributed by atoms with Gasteiger partial charge in [0, 0.05) is 5.02 Å². The Kier molecular flexibility index (Phi) is 6.85. The summed E-state index contributed by atoms with van der Waals surface area (Å²) in [7, 11) is 1.57. The lowest BCUT2D eigenvalue weighted by molar-refractivity contribution is 0.0958. The van der Waals surface area contributed by atoms with Crippen LogP contribution in [0.15, 0.2) is 47.6 Å². The van der Waals surface area contributed by atoms with Gasteiger partial charge in [0.1, 0.15) is 11.5 Å². The van der Waals surface area contributed by atoms with Gasteiger partial charge in [0.25, 0.3) is 5.91 Å². The van der Waals surface area contributed by atoms with Gasteiger partial charge in [-0.2, -0.15) is 5.10 Å². The summed E-state index contributed by atoms with van der Waals surface area (Å²) in [5, 5.41) is 5.52. The highest BCUT2D eigenvalue weighted by Crippen LogP contribution is 2.28. The fourth-order valence-electron chi connectivity index (χ4n) is 2.63. The van der Waals surface area contributed by atoms with E-state index in [0.29, 0.717) is 33.7 Å². The van der Waals surface area contributed by atoms with Crippen molar-refractivity contribution in [3.8, 4) is 11.5 Å². The third-order valence-corrected chi connectivity index (χ3v) is 5.27. The molecule has 0 atom stereocenters. The topological polar surface area (TPSA) is 72.8 Å². The molecule has 0 aliphatic carbocycles. The quantitative estimate of drug-likeness (QED) is 0.434. The molecular weight excluding hydrogens is 410 g/mol. The van der Waals surface area contributed by atoms with Gasteiger partial charge in [-0.05, 0) is 55.3 Å². The first kappa shape index (κ1) is 20.8. The molecule has 1 N–H and O–H groups in total. The van der Waals surface area contributed by atoms with Gasteiger partial charge in [0.05, 0.1) is 24.0 Å². The first-order valence-electron chi connectivity index (χ1n) is 8.79. The number of aromatic nitrogens is 1. The zero-order chi connectivity index (χ0) is 20.8. The average Bonchev–Trinajstić information content (AvgIpc) is 3.05. The number of nitrogens with zero attached hydrogens (tertiary/aromatic N) is 2. The molecule has 1 heterocycles. The van der Waals surface area contributed by atoms with E-state index in [1.807, 2.05) is 37.3 Å². The van der Waals surface area contributed by atoms with Crippen molar-refractivity contribution < 1.29 is 14.3 Å². The molecule has 8 heteroatoms. The molecule has 0 fully saturated rings. The van der Waals surface area contributed by atoms with Crippen molar-refractivity contribution >= 4 is 35.1 Å². The number of rotatable bonds is 7. The monoisotopic (exact) mass is 429 g/mol. The molecule has 29 heavy (non-hydrogen) atoms. The predicted octanol–water partition coefficient (Wildman–Crippen LogP) is 4.76. The lowest BCUT2D eigenvalue weighted by Gasteiger charge is -2.11. The lowest BCUT2D eigenvalue weighted by Crippen LogP contribution is -2.17. The van der Waals surface area contributed by atoms with Crippen LogP contribution in [0, 0.1) is 13.8 Å². The average molecular weight is 430 g/mol.